The zero-order chi connectivity index (χ0) is 15.2. The first-order valence-electron chi connectivity index (χ1n) is 6.15. The Bertz CT molecular complexity index is 554. The van der Waals surface area contributed by atoms with Crippen LogP contribution in [0.5, 0.6) is 0 Å². The summed E-state index contributed by atoms with van der Waals surface area (Å²) in [6.45, 7) is 5.77. The van der Waals surface area contributed by atoms with Crippen LogP contribution >= 0.6 is 11.6 Å². The average Bonchev–Trinajstić information content (AvgIpc) is 2.33. The Balaban J connectivity index is 2.48. The predicted molar refractivity (Wildman–Crippen MR) is 79.4 cm³/mol. The highest BCUT2D eigenvalue weighted by Crippen LogP contribution is 2.17. The molecule has 0 saturated carbocycles. The molecule has 0 atom stereocenters. The molecule has 1 aromatic rings. The van der Waals surface area contributed by atoms with E-state index in [2.05, 4.69) is 5.32 Å². The van der Waals surface area contributed by atoms with Crippen molar-refractivity contribution in [2.24, 2.45) is 0 Å². The molecule has 5 heteroatoms. The number of nitrogens with one attached hydrogen (secondary N) is 1. The lowest BCUT2D eigenvalue weighted by atomic mass is 10.1. The lowest BCUT2D eigenvalue weighted by molar-refractivity contribution is 0.0534. The molecule has 0 saturated heterocycles. The van der Waals surface area contributed by atoms with Gasteiger partial charge in [0.2, 0.25) is 0 Å². The molecule has 20 heavy (non-hydrogen) atoms. The molecule has 4 nitrogen and oxygen atoms in total. The Morgan fingerprint density at radius 1 is 1.50 bits per heavy atom. The second-order valence-corrected chi connectivity index (χ2v) is 5.54. The standard InChI is InChI=1S/C15H17ClN2O2/c1-15(2,3)20-14(19)18-8-4-5-11-6-7-12(10-17)13(16)9-11/h4-7,9H,8H2,1-3H3,(H,18,19). The van der Waals surface area contributed by atoms with Crippen molar-refractivity contribution < 1.29 is 9.53 Å². The van der Waals surface area contributed by atoms with E-state index in [1.54, 1.807) is 45.0 Å². The minimum Gasteiger partial charge on any atom is -0.444 e. The van der Waals surface area contributed by atoms with E-state index >= 15 is 0 Å². The van der Waals surface area contributed by atoms with Gasteiger partial charge in [-0.05, 0) is 38.5 Å². The smallest absolute Gasteiger partial charge is 0.407 e. The van der Waals surface area contributed by atoms with Crippen LogP contribution in [0.1, 0.15) is 31.9 Å². The molecule has 0 radical (unpaired) electrons. The van der Waals surface area contributed by atoms with Crippen molar-refractivity contribution >= 4 is 23.8 Å². The van der Waals surface area contributed by atoms with Crippen molar-refractivity contribution in [2.75, 3.05) is 6.54 Å². The van der Waals surface area contributed by atoms with Gasteiger partial charge in [-0.15, -0.1) is 0 Å². The predicted octanol–water partition coefficient (Wildman–Crippen LogP) is 3.75. The largest absolute Gasteiger partial charge is 0.444 e. The Kier molecular flexibility index (Phi) is 5.60. The van der Waals surface area contributed by atoms with Gasteiger partial charge >= 0.3 is 6.09 Å². The number of alkyl carbamates (subject to hydrolysis) is 1. The number of carbonyl (C=O) groups excluding carboxylic acids is 1. The zero-order valence-corrected chi connectivity index (χ0v) is 12.5. The number of hydrogen-bond acceptors (Lipinski definition) is 3. The molecule has 1 aromatic carbocycles. The van der Waals surface area contributed by atoms with Crippen LogP contribution < -0.4 is 5.32 Å². The summed E-state index contributed by atoms with van der Waals surface area (Å²) in [5.41, 5.74) is 0.796. The molecular weight excluding hydrogens is 276 g/mol. The average molecular weight is 293 g/mol. The summed E-state index contributed by atoms with van der Waals surface area (Å²) in [5.74, 6) is 0. The van der Waals surface area contributed by atoms with Crippen molar-refractivity contribution in [1.29, 1.82) is 5.26 Å². The Hall–Kier alpha value is -1.99. The number of nitriles is 1. The van der Waals surface area contributed by atoms with Gasteiger partial charge in [0, 0.05) is 6.54 Å². The van der Waals surface area contributed by atoms with Gasteiger partial charge in [-0.2, -0.15) is 5.26 Å². The minimum absolute atomic E-state index is 0.354. The molecule has 1 N–H and O–H groups in total. The highest BCUT2D eigenvalue weighted by molar-refractivity contribution is 6.31. The van der Waals surface area contributed by atoms with Crippen LogP contribution in [0, 0.1) is 11.3 Å². The van der Waals surface area contributed by atoms with Crippen LogP contribution in [0.3, 0.4) is 0 Å². The van der Waals surface area contributed by atoms with Crippen LogP contribution in [0.25, 0.3) is 6.08 Å². The monoisotopic (exact) mass is 292 g/mol. The van der Waals surface area contributed by atoms with Crippen LogP contribution in [0.4, 0.5) is 4.79 Å². The van der Waals surface area contributed by atoms with Crippen LogP contribution in [0.2, 0.25) is 5.02 Å². The highest BCUT2D eigenvalue weighted by Gasteiger charge is 2.14. The second-order valence-electron chi connectivity index (χ2n) is 5.14. The fourth-order valence-corrected chi connectivity index (χ4v) is 1.61. The highest BCUT2D eigenvalue weighted by atomic mass is 35.5. The van der Waals surface area contributed by atoms with E-state index in [1.807, 2.05) is 12.1 Å². The number of benzene rings is 1. The van der Waals surface area contributed by atoms with E-state index in [9.17, 15) is 4.79 Å². The van der Waals surface area contributed by atoms with Gasteiger partial charge in [-0.25, -0.2) is 4.79 Å². The van der Waals surface area contributed by atoms with E-state index < -0.39 is 11.7 Å². The van der Waals surface area contributed by atoms with Gasteiger partial charge in [0.1, 0.15) is 11.7 Å². The summed E-state index contributed by atoms with van der Waals surface area (Å²) in [7, 11) is 0. The maximum absolute atomic E-state index is 11.4. The van der Waals surface area contributed by atoms with Gasteiger partial charge in [0.25, 0.3) is 0 Å². The van der Waals surface area contributed by atoms with Gasteiger partial charge in [0.05, 0.1) is 10.6 Å². The molecule has 0 unspecified atom stereocenters. The number of halogens is 1. The lowest BCUT2D eigenvalue weighted by Gasteiger charge is -2.19. The molecule has 0 heterocycles. The van der Waals surface area contributed by atoms with E-state index in [0.717, 1.165) is 5.56 Å². The zero-order valence-electron chi connectivity index (χ0n) is 11.7. The topological polar surface area (TPSA) is 62.1 Å². The van der Waals surface area contributed by atoms with Crippen LogP contribution in [-0.4, -0.2) is 18.2 Å². The summed E-state index contributed by atoms with van der Waals surface area (Å²) >= 11 is 5.92. The maximum atomic E-state index is 11.4. The molecule has 0 aliphatic carbocycles. The third-order valence-corrected chi connectivity index (χ3v) is 2.50. The van der Waals surface area contributed by atoms with Gasteiger partial charge < -0.3 is 10.1 Å². The summed E-state index contributed by atoms with van der Waals surface area (Å²) in [4.78, 5) is 11.4. The quantitative estimate of drug-likeness (QED) is 0.923. The molecular formula is C15H17ClN2O2. The number of ether oxygens (including phenoxy) is 1. The Labute approximate surface area is 124 Å². The molecule has 0 aliphatic heterocycles. The number of rotatable bonds is 3. The van der Waals surface area contributed by atoms with Crippen molar-refractivity contribution in [3.8, 4) is 6.07 Å². The third kappa shape index (κ3) is 5.77. The molecule has 0 aromatic heterocycles. The number of amides is 1. The summed E-state index contributed by atoms with van der Waals surface area (Å²) in [6, 6.07) is 7.14. The second kappa shape index (κ2) is 6.97. The summed E-state index contributed by atoms with van der Waals surface area (Å²) in [5, 5.41) is 11.8. The fourth-order valence-electron chi connectivity index (χ4n) is 1.38. The van der Waals surface area contributed by atoms with Crippen molar-refractivity contribution in [1.82, 2.24) is 5.32 Å². The number of hydrogen-bond donors (Lipinski definition) is 1. The Morgan fingerprint density at radius 2 is 2.20 bits per heavy atom. The number of carbonyl (C=O) groups is 1. The first-order chi connectivity index (χ1) is 9.31. The molecule has 1 rings (SSSR count). The summed E-state index contributed by atoms with van der Waals surface area (Å²) in [6.07, 6.45) is 3.13. The van der Waals surface area contributed by atoms with Crippen molar-refractivity contribution in [2.45, 2.75) is 26.4 Å². The molecule has 0 aliphatic rings. The number of nitrogens with zero attached hydrogens (tertiary/aromatic N) is 1. The molecule has 1 amide bonds. The molecule has 0 bridgehead atoms. The first kappa shape index (κ1) is 16.1. The van der Waals surface area contributed by atoms with Crippen molar-refractivity contribution in [3.63, 3.8) is 0 Å². The first-order valence-corrected chi connectivity index (χ1v) is 6.52. The van der Waals surface area contributed by atoms with Gasteiger partial charge in [0.15, 0.2) is 0 Å². The molecule has 0 spiro atoms. The van der Waals surface area contributed by atoms with Gasteiger partial charge in [-0.1, -0.05) is 29.8 Å². The maximum Gasteiger partial charge on any atom is 0.407 e. The van der Waals surface area contributed by atoms with Crippen LogP contribution in [0.15, 0.2) is 24.3 Å². The SMILES string of the molecule is CC(C)(C)OC(=O)NCC=Cc1ccc(C#N)c(Cl)c1. The van der Waals surface area contributed by atoms with E-state index in [0.29, 0.717) is 17.1 Å². The normalized spacial score (nSPS) is 11.2. The van der Waals surface area contributed by atoms with E-state index in [4.69, 9.17) is 21.6 Å². The van der Waals surface area contributed by atoms with Crippen molar-refractivity contribution in [3.05, 3.63) is 40.4 Å². The molecule has 0 fully saturated rings. The van der Waals surface area contributed by atoms with E-state index in [-0.39, 0.29) is 0 Å². The third-order valence-electron chi connectivity index (χ3n) is 2.19. The molecule has 106 valence electrons. The van der Waals surface area contributed by atoms with E-state index in [1.165, 1.54) is 0 Å². The lowest BCUT2D eigenvalue weighted by Crippen LogP contribution is -2.32. The minimum atomic E-state index is -0.506. The Morgan fingerprint density at radius 3 is 2.75 bits per heavy atom. The van der Waals surface area contributed by atoms with Gasteiger partial charge in [-0.3, -0.25) is 0 Å². The summed E-state index contributed by atoms with van der Waals surface area (Å²) < 4.78 is 5.10. The fraction of sp³-hybridized carbons (Fsp3) is 0.333. The van der Waals surface area contributed by atoms with Crippen LogP contribution in [-0.2, 0) is 4.74 Å².